The zero-order valence-electron chi connectivity index (χ0n) is 12.0. The van der Waals surface area contributed by atoms with E-state index in [-0.39, 0.29) is 12.1 Å². The standard InChI is InChI=1S/C13H25FN2O2/c1-9(2)16-7-10(14)6-11(8-16)15-12(17)18-13(3,4)5/h9-11H,6-8H2,1-5H3,(H,15,17)/t10-,11-/m1/s1. The van der Waals surface area contributed by atoms with Gasteiger partial charge >= 0.3 is 6.09 Å². The molecule has 1 aliphatic heterocycles. The van der Waals surface area contributed by atoms with Crippen molar-refractivity contribution in [1.82, 2.24) is 10.2 Å². The summed E-state index contributed by atoms with van der Waals surface area (Å²) in [7, 11) is 0. The largest absolute Gasteiger partial charge is 0.444 e. The van der Waals surface area contributed by atoms with Gasteiger partial charge in [0.05, 0.1) is 0 Å². The summed E-state index contributed by atoms with van der Waals surface area (Å²) < 4.78 is 18.8. The molecule has 0 aromatic rings. The summed E-state index contributed by atoms with van der Waals surface area (Å²) >= 11 is 0. The van der Waals surface area contributed by atoms with Crippen LogP contribution in [-0.2, 0) is 4.74 Å². The van der Waals surface area contributed by atoms with Gasteiger partial charge in [0.1, 0.15) is 11.8 Å². The van der Waals surface area contributed by atoms with E-state index in [4.69, 9.17) is 4.74 Å². The van der Waals surface area contributed by atoms with Crippen LogP contribution in [0, 0.1) is 0 Å². The lowest BCUT2D eigenvalue weighted by atomic mass is 10.0. The monoisotopic (exact) mass is 260 g/mol. The number of alkyl halides is 1. The third-order valence-electron chi connectivity index (χ3n) is 2.88. The average Bonchev–Trinajstić information content (AvgIpc) is 2.12. The van der Waals surface area contributed by atoms with Crippen molar-refractivity contribution in [1.29, 1.82) is 0 Å². The Balaban J connectivity index is 2.48. The Hall–Kier alpha value is -0.840. The number of nitrogens with one attached hydrogen (secondary N) is 1. The summed E-state index contributed by atoms with van der Waals surface area (Å²) in [5, 5.41) is 2.75. The third-order valence-corrected chi connectivity index (χ3v) is 2.88. The second-order valence-corrected chi connectivity index (χ2v) is 6.22. The van der Waals surface area contributed by atoms with Crippen molar-refractivity contribution in [2.24, 2.45) is 0 Å². The Morgan fingerprint density at radius 1 is 1.39 bits per heavy atom. The van der Waals surface area contributed by atoms with E-state index in [0.717, 1.165) is 0 Å². The molecule has 1 heterocycles. The topological polar surface area (TPSA) is 41.6 Å². The lowest BCUT2D eigenvalue weighted by molar-refractivity contribution is 0.0401. The van der Waals surface area contributed by atoms with Gasteiger partial charge in [0.2, 0.25) is 0 Å². The zero-order chi connectivity index (χ0) is 13.9. The number of amides is 1. The first-order valence-electron chi connectivity index (χ1n) is 6.55. The average molecular weight is 260 g/mol. The van der Waals surface area contributed by atoms with E-state index in [1.54, 1.807) is 0 Å². The second-order valence-electron chi connectivity index (χ2n) is 6.22. The molecule has 4 nitrogen and oxygen atoms in total. The number of rotatable bonds is 2. The van der Waals surface area contributed by atoms with Crippen LogP contribution in [0.2, 0.25) is 0 Å². The molecule has 1 N–H and O–H groups in total. The lowest BCUT2D eigenvalue weighted by Gasteiger charge is -2.37. The highest BCUT2D eigenvalue weighted by Gasteiger charge is 2.30. The Morgan fingerprint density at radius 2 is 2.00 bits per heavy atom. The molecule has 0 radical (unpaired) electrons. The maximum absolute atomic E-state index is 13.6. The summed E-state index contributed by atoms with van der Waals surface area (Å²) in [6.07, 6.45) is -0.992. The zero-order valence-corrected chi connectivity index (χ0v) is 12.0. The molecule has 1 saturated heterocycles. The molecule has 0 aliphatic carbocycles. The molecule has 0 aromatic carbocycles. The highest BCUT2D eigenvalue weighted by Crippen LogP contribution is 2.17. The van der Waals surface area contributed by atoms with E-state index in [9.17, 15) is 9.18 Å². The fourth-order valence-corrected chi connectivity index (χ4v) is 2.07. The number of halogens is 1. The van der Waals surface area contributed by atoms with Crippen LogP contribution >= 0.6 is 0 Å². The van der Waals surface area contributed by atoms with E-state index in [1.165, 1.54) is 0 Å². The molecule has 0 bridgehead atoms. The fraction of sp³-hybridized carbons (Fsp3) is 0.923. The summed E-state index contributed by atoms with van der Waals surface area (Å²) in [6, 6.07) is 0.109. The first kappa shape index (κ1) is 15.2. The first-order valence-corrected chi connectivity index (χ1v) is 6.55. The van der Waals surface area contributed by atoms with Gasteiger partial charge < -0.3 is 10.1 Å². The molecular weight excluding hydrogens is 235 g/mol. The molecular formula is C13H25FN2O2. The summed E-state index contributed by atoms with van der Waals surface area (Å²) in [4.78, 5) is 13.7. The predicted molar refractivity (Wildman–Crippen MR) is 69.4 cm³/mol. The van der Waals surface area contributed by atoms with Crippen LogP contribution in [0.1, 0.15) is 41.0 Å². The van der Waals surface area contributed by atoms with Gasteiger partial charge in [-0.25, -0.2) is 9.18 Å². The number of nitrogens with zero attached hydrogens (tertiary/aromatic N) is 1. The van der Waals surface area contributed by atoms with Gasteiger partial charge in [-0.15, -0.1) is 0 Å². The molecule has 0 saturated carbocycles. The highest BCUT2D eigenvalue weighted by molar-refractivity contribution is 5.68. The number of carbonyl (C=O) groups excluding carboxylic acids is 1. The Bertz CT molecular complexity index is 289. The molecule has 18 heavy (non-hydrogen) atoms. The molecule has 2 atom stereocenters. The minimum atomic E-state index is -0.888. The molecule has 1 fully saturated rings. The normalized spacial score (nSPS) is 26.2. The Kier molecular flexibility index (Phi) is 4.96. The third kappa shape index (κ3) is 5.21. The fourth-order valence-electron chi connectivity index (χ4n) is 2.07. The van der Waals surface area contributed by atoms with Gasteiger partial charge in [0, 0.05) is 31.6 Å². The van der Waals surface area contributed by atoms with Crippen molar-refractivity contribution in [2.45, 2.75) is 64.9 Å². The van der Waals surface area contributed by atoms with E-state index < -0.39 is 17.9 Å². The SMILES string of the molecule is CC(C)N1C[C@H](F)C[C@@H](NC(=O)OC(C)(C)C)C1. The number of hydrogen-bond donors (Lipinski definition) is 1. The van der Waals surface area contributed by atoms with E-state index >= 15 is 0 Å². The van der Waals surface area contributed by atoms with Crippen molar-refractivity contribution < 1.29 is 13.9 Å². The Labute approximate surface area is 109 Å². The van der Waals surface area contributed by atoms with Crippen molar-refractivity contribution in [3.63, 3.8) is 0 Å². The van der Waals surface area contributed by atoms with E-state index in [2.05, 4.69) is 5.32 Å². The number of likely N-dealkylation sites (tertiary alicyclic amines) is 1. The van der Waals surface area contributed by atoms with Gasteiger partial charge in [-0.1, -0.05) is 0 Å². The van der Waals surface area contributed by atoms with Crippen molar-refractivity contribution in [2.75, 3.05) is 13.1 Å². The summed E-state index contributed by atoms with van der Waals surface area (Å²) in [5.74, 6) is 0. The summed E-state index contributed by atoms with van der Waals surface area (Å²) in [5.41, 5.74) is -0.522. The van der Waals surface area contributed by atoms with Gasteiger partial charge in [-0.3, -0.25) is 4.90 Å². The van der Waals surface area contributed by atoms with Crippen LogP contribution < -0.4 is 5.32 Å². The van der Waals surface area contributed by atoms with Crippen LogP contribution in [0.4, 0.5) is 9.18 Å². The number of alkyl carbamates (subject to hydrolysis) is 1. The van der Waals surface area contributed by atoms with Gasteiger partial charge in [-0.05, 0) is 34.6 Å². The minimum absolute atomic E-state index is 0.175. The van der Waals surface area contributed by atoms with Crippen molar-refractivity contribution in [3.05, 3.63) is 0 Å². The van der Waals surface area contributed by atoms with E-state index in [1.807, 2.05) is 39.5 Å². The smallest absolute Gasteiger partial charge is 0.407 e. The molecule has 5 heteroatoms. The second kappa shape index (κ2) is 5.87. The van der Waals surface area contributed by atoms with Gasteiger partial charge in [0.25, 0.3) is 0 Å². The van der Waals surface area contributed by atoms with Gasteiger partial charge in [-0.2, -0.15) is 0 Å². The lowest BCUT2D eigenvalue weighted by Crippen LogP contribution is -2.54. The van der Waals surface area contributed by atoms with E-state index in [0.29, 0.717) is 19.5 Å². The number of hydrogen-bond acceptors (Lipinski definition) is 3. The number of ether oxygens (including phenoxy) is 1. The maximum atomic E-state index is 13.6. The molecule has 0 spiro atoms. The van der Waals surface area contributed by atoms with Crippen LogP contribution in [0.5, 0.6) is 0 Å². The molecule has 1 amide bonds. The van der Waals surface area contributed by atoms with Crippen LogP contribution in [0.25, 0.3) is 0 Å². The van der Waals surface area contributed by atoms with Crippen molar-refractivity contribution in [3.8, 4) is 0 Å². The number of carbonyl (C=O) groups is 1. The first-order chi connectivity index (χ1) is 8.17. The minimum Gasteiger partial charge on any atom is -0.444 e. The quantitative estimate of drug-likeness (QED) is 0.828. The molecule has 106 valence electrons. The molecule has 0 unspecified atom stereocenters. The van der Waals surface area contributed by atoms with Crippen LogP contribution in [0.3, 0.4) is 0 Å². The maximum Gasteiger partial charge on any atom is 0.407 e. The highest BCUT2D eigenvalue weighted by atomic mass is 19.1. The number of piperidine rings is 1. The Morgan fingerprint density at radius 3 is 2.50 bits per heavy atom. The molecule has 1 aliphatic rings. The van der Waals surface area contributed by atoms with Crippen molar-refractivity contribution >= 4 is 6.09 Å². The summed E-state index contributed by atoms with van der Waals surface area (Å²) in [6.45, 7) is 10.6. The molecule has 1 rings (SSSR count). The van der Waals surface area contributed by atoms with Crippen LogP contribution in [-0.4, -0.2) is 47.9 Å². The molecule has 0 aromatic heterocycles. The van der Waals surface area contributed by atoms with Crippen LogP contribution in [0.15, 0.2) is 0 Å². The van der Waals surface area contributed by atoms with Gasteiger partial charge in [0.15, 0.2) is 0 Å². The predicted octanol–water partition coefficient (Wildman–Crippen LogP) is 2.33.